The standard InChI is InChI=1S/C20H22O8/c1-8-15(24)13(10(3)22)17-14(16(8)26-5)19(4)18(25)12(9(2)21)11(23)7-20(19,27-6)28-17/h12,24H,7H2,1-6H3/t12?,19-,20+/m0/s1. The second-order valence-electron chi connectivity index (χ2n) is 7.38. The van der Waals surface area contributed by atoms with Gasteiger partial charge in [0.1, 0.15) is 39.9 Å². The van der Waals surface area contributed by atoms with Gasteiger partial charge in [-0.05, 0) is 27.7 Å². The van der Waals surface area contributed by atoms with E-state index in [1.807, 2.05) is 0 Å². The number of carbonyl (C=O) groups excluding carboxylic acids is 4. The van der Waals surface area contributed by atoms with Gasteiger partial charge in [-0.25, -0.2) is 0 Å². The van der Waals surface area contributed by atoms with Crippen LogP contribution in [0.2, 0.25) is 0 Å². The normalized spacial score (nSPS) is 28.4. The van der Waals surface area contributed by atoms with E-state index in [9.17, 15) is 24.3 Å². The number of methoxy groups -OCH3 is 2. The van der Waals surface area contributed by atoms with E-state index in [1.54, 1.807) is 0 Å². The van der Waals surface area contributed by atoms with Gasteiger partial charge in [0.2, 0.25) is 5.79 Å². The summed E-state index contributed by atoms with van der Waals surface area (Å²) in [5, 5.41) is 10.5. The molecule has 2 aliphatic rings. The molecule has 0 amide bonds. The quantitative estimate of drug-likeness (QED) is 0.609. The van der Waals surface area contributed by atoms with Gasteiger partial charge in [0.25, 0.3) is 0 Å². The number of phenolic OH excluding ortho intramolecular Hbond substituents is 1. The molecule has 28 heavy (non-hydrogen) atoms. The molecular formula is C20H22O8. The number of aromatic hydroxyl groups is 1. The third-order valence-corrected chi connectivity index (χ3v) is 5.92. The van der Waals surface area contributed by atoms with Crippen molar-refractivity contribution in [3.05, 3.63) is 16.7 Å². The third kappa shape index (κ3) is 2.15. The summed E-state index contributed by atoms with van der Waals surface area (Å²) in [6, 6.07) is 0. The lowest BCUT2D eigenvalue weighted by molar-refractivity contribution is -0.209. The van der Waals surface area contributed by atoms with Crippen LogP contribution < -0.4 is 9.47 Å². The minimum Gasteiger partial charge on any atom is -0.507 e. The van der Waals surface area contributed by atoms with Gasteiger partial charge >= 0.3 is 0 Å². The Labute approximate surface area is 161 Å². The van der Waals surface area contributed by atoms with E-state index in [-0.39, 0.29) is 40.4 Å². The van der Waals surface area contributed by atoms with Gasteiger partial charge in [0, 0.05) is 12.7 Å². The molecule has 0 aromatic heterocycles. The Morgan fingerprint density at radius 2 is 1.82 bits per heavy atom. The van der Waals surface area contributed by atoms with Crippen LogP contribution in [0.1, 0.15) is 48.7 Å². The average molecular weight is 390 g/mol. The molecule has 1 aromatic carbocycles. The molecule has 1 saturated carbocycles. The van der Waals surface area contributed by atoms with Crippen molar-refractivity contribution >= 4 is 23.1 Å². The van der Waals surface area contributed by atoms with Crippen molar-refractivity contribution in [2.24, 2.45) is 5.92 Å². The number of rotatable bonds is 4. The van der Waals surface area contributed by atoms with Crippen molar-refractivity contribution in [1.82, 2.24) is 0 Å². The molecule has 3 rings (SSSR count). The van der Waals surface area contributed by atoms with E-state index >= 15 is 0 Å². The van der Waals surface area contributed by atoms with E-state index in [2.05, 4.69) is 0 Å². The number of ether oxygens (including phenoxy) is 3. The minimum atomic E-state index is -1.76. The van der Waals surface area contributed by atoms with Crippen LogP contribution in [-0.4, -0.2) is 48.2 Å². The molecule has 1 aromatic rings. The molecule has 1 unspecified atom stereocenters. The van der Waals surface area contributed by atoms with Crippen LogP contribution in [0.25, 0.3) is 0 Å². The first kappa shape index (κ1) is 20.0. The summed E-state index contributed by atoms with van der Waals surface area (Å²) in [5.74, 6) is -5.84. The van der Waals surface area contributed by atoms with Crippen LogP contribution in [0.3, 0.4) is 0 Å². The van der Waals surface area contributed by atoms with Crippen molar-refractivity contribution in [3.8, 4) is 17.2 Å². The van der Waals surface area contributed by atoms with Crippen LogP contribution in [0.15, 0.2) is 0 Å². The molecule has 0 spiro atoms. The van der Waals surface area contributed by atoms with Gasteiger partial charge in [0.05, 0.1) is 19.1 Å². The molecular weight excluding hydrogens is 368 g/mol. The maximum atomic E-state index is 13.4. The summed E-state index contributed by atoms with van der Waals surface area (Å²) in [6.07, 6.45) is -0.370. The molecule has 1 fully saturated rings. The maximum Gasteiger partial charge on any atom is 0.234 e. The number of hydrogen-bond donors (Lipinski definition) is 1. The minimum absolute atomic E-state index is 0.0675. The highest BCUT2D eigenvalue weighted by Crippen LogP contribution is 2.61. The highest BCUT2D eigenvalue weighted by molar-refractivity contribution is 6.24. The molecule has 1 heterocycles. The van der Waals surface area contributed by atoms with E-state index in [1.165, 1.54) is 41.9 Å². The first-order chi connectivity index (χ1) is 13.0. The van der Waals surface area contributed by atoms with E-state index in [0.717, 1.165) is 0 Å². The molecule has 150 valence electrons. The van der Waals surface area contributed by atoms with Crippen LogP contribution >= 0.6 is 0 Å². The Bertz CT molecular complexity index is 946. The van der Waals surface area contributed by atoms with Crippen LogP contribution in [-0.2, 0) is 24.5 Å². The Morgan fingerprint density at radius 1 is 1.21 bits per heavy atom. The summed E-state index contributed by atoms with van der Waals surface area (Å²) in [4.78, 5) is 50.4. The number of Topliss-reactive ketones (excluding diaryl/α,β-unsaturated/α-hetero) is 4. The van der Waals surface area contributed by atoms with Crippen molar-refractivity contribution < 1.29 is 38.5 Å². The van der Waals surface area contributed by atoms with E-state index < -0.39 is 40.3 Å². The molecule has 1 N–H and O–H groups in total. The van der Waals surface area contributed by atoms with E-state index in [0.29, 0.717) is 0 Å². The van der Waals surface area contributed by atoms with Gasteiger partial charge in [-0.3, -0.25) is 19.2 Å². The number of ketones is 4. The zero-order chi connectivity index (χ0) is 21.2. The summed E-state index contributed by atoms with van der Waals surface area (Å²) < 4.78 is 17.0. The second kappa shape index (κ2) is 6.13. The molecule has 0 radical (unpaired) electrons. The smallest absolute Gasteiger partial charge is 0.234 e. The van der Waals surface area contributed by atoms with Crippen molar-refractivity contribution in [2.75, 3.05) is 14.2 Å². The predicted octanol–water partition coefficient (Wildman–Crippen LogP) is 1.65. The number of phenols is 1. The molecule has 8 heteroatoms. The predicted molar refractivity (Wildman–Crippen MR) is 95.9 cm³/mol. The molecule has 0 bridgehead atoms. The summed E-state index contributed by atoms with van der Waals surface area (Å²) in [7, 11) is 2.64. The number of carbonyl (C=O) groups is 4. The van der Waals surface area contributed by atoms with Crippen LogP contribution in [0.5, 0.6) is 17.2 Å². The van der Waals surface area contributed by atoms with Gasteiger partial charge in [-0.1, -0.05) is 0 Å². The summed E-state index contributed by atoms with van der Waals surface area (Å²) in [6.45, 7) is 5.48. The monoisotopic (exact) mass is 390 g/mol. The van der Waals surface area contributed by atoms with E-state index in [4.69, 9.17) is 14.2 Å². The molecule has 0 saturated heterocycles. The zero-order valence-corrected chi connectivity index (χ0v) is 16.6. The van der Waals surface area contributed by atoms with Crippen molar-refractivity contribution in [3.63, 3.8) is 0 Å². The fourth-order valence-electron chi connectivity index (χ4n) is 4.43. The fourth-order valence-corrected chi connectivity index (χ4v) is 4.43. The Hall–Kier alpha value is -2.74. The number of benzene rings is 1. The number of fused-ring (bicyclic) bond motifs is 3. The molecule has 8 nitrogen and oxygen atoms in total. The van der Waals surface area contributed by atoms with Gasteiger partial charge in [-0.2, -0.15) is 0 Å². The Morgan fingerprint density at radius 3 is 2.29 bits per heavy atom. The van der Waals surface area contributed by atoms with Crippen molar-refractivity contribution in [2.45, 2.75) is 45.3 Å². The van der Waals surface area contributed by atoms with Gasteiger partial charge in [-0.15, -0.1) is 0 Å². The fraction of sp³-hybridized carbons (Fsp3) is 0.500. The maximum absolute atomic E-state index is 13.4. The number of hydrogen-bond acceptors (Lipinski definition) is 8. The molecule has 1 aliphatic carbocycles. The average Bonchev–Trinajstić information content (AvgIpc) is 2.86. The van der Waals surface area contributed by atoms with Gasteiger partial charge < -0.3 is 19.3 Å². The highest BCUT2D eigenvalue weighted by Gasteiger charge is 2.70. The summed E-state index contributed by atoms with van der Waals surface area (Å²) >= 11 is 0. The topological polar surface area (TPSA) is 116 Å². The molecule has 1 aliphatic heterocycles. The second-order valence-corrected chi connectivity index (χ2v) is 7.38. The van der Waals surface area contributed by atoms with Crippen LogP contribution in [0.4, 0.5) is 0 Å². The first-order valence-corrected chi connectivity index (χ1v) is 8.75. The Balaban J connectivity index is 2.47. The first-order valence-electron chi connectivity index (χ1n) is 8.75. The molecule has 3 atom stereocenters. The lowest BCUT2D eigenvalue weighted by Crippen LogP contribution is -2.64. The highest BCUT2D eigenvalue weighted by atomic mass is 16.7. The largest absolute Gasteiger partial charge is 0.507 e. The van der Waals surface area contributed by atoms with Crippen molar-refractivity contribution in [1.29, 1.82) is 0 Å². The lowest BCUT2D eigenvalue weighted by Gasteiger charge is -2.44. The van der Waals surface area contributed by atoms with Gasteiger partial charge in [0.15, 0.2) is 17.3 Å². The SMILES string of the molecule is COc1c(C)c(O)c(C(C)=O)c2c1[C@@]1(C)C(=O)C(C(C)=O)C(=O)C[C@@]1(OC)O2. The summed E-state index contributed by atoms with van der Waals surface area (Å²) in [5.41, 5.74) is -1.29. The van der Waals surface area contributed by atoms with Crippen LogP contribution in [0, 0.1) is 12.8 Å². The lowest BCUT2D eigenvalue weighted by atomic mass is 9.61. The third-order valence-electron chi connectivity index (χ3n) is 5.92. The Kier molecular flexibility index (Phi) is 4.38. The zero-order valence-electron chi connectivity index (χ0n) is 16.6.